The molecule has 0 aliphatic carbocycles. The molecule has 8 heteroatoms. The summed E-state index contributed by atoms with van der Waals surface area (Å²) in [6, 6.07) is 3.77. The smallest absolute Gasteiger partial charge is 0.269 e. The molecule has 0 saturated heterocycles. The largest absolute Gasteiger partial charge is 0.381 e. The van der Waals surface area contributed by atoms with Crippen LogP contribution in [-0.2, 0) is 11.2 Å². The summed E-state index contributed by atoms with van der Waals surface area (Å²) in [5.41, 5.74) is 8.65. The molecule has 0 aliphatic rings. The molecule has 2 atom stereocenters. The number of hydrogen-bond acceptors (Lipinski definition) is 7. The summed E-state index contributed by atoms with van der Waals surface area (Å²) in [6.45, 7) is 6.00. The summed E-state index contributed by atoms with van der Waals surface area (Å²) in [4.78, 5) is 26.3. The molecule has 3 aromatic heterocycles. The van der Waals surface area contributed by atoms with E-state index >= 15 is 0 Å². The second-order valence-electron chi connectivity index (χ2n) is 6.48. The molecular formula is C19H23N5O2S. The molecule has 0 unspecified atom stereocenters. The van der Waals surface area contributed by atoms with E-state index in [2.05, 4.69) is 15.3 Å². The lowest BCUT2D eigenvalue weighted by Gasteiger charge is -2.15. The number of anilines is 1. The van der Waals surface area contributed by atoms with Gasteiger partial charge in [-0.3, -0.25) is 9.78 Å². The molecule has 3 aromatic rings. The standard InChI is InChI=1S/C19H23N5O2S/c1-10(26-4)8-14-12(3)27-17-15(14)23-19(24-16(17)18(20)25)22-11(2)13-6-5-7-21-9-13/h5-7,9-11H,8H2,1-4H3,(H2,20,25)(H,22,23,24)/t10-,11-/m0/s1. The van der Waals surface area contributed by atoms with Crippen LogP contribution < -0.4 is 11.1 Å². The number of fused-ring (bicyclic) bond motifs is 1. The highest BCUT2D eigenvalue weighted by Gasteiger charge is 2.21. The number of aryl methyl sites for hydroxylation is 1. The average Bonchev–Trinajstić information content (AvgIpc) is 2.97. The minimum Gasteiger partial charge on any atom is -0.381 e. The third kappa shape index (κ3) is 4.06. The summed E-state index contributed by atoms with van der Waals surface area (Å²) in [5, 5.41) is 3.25. The van der Waals surface area contributed by atoms with Crippen molar-refractivity contribution >= 4 is 33.4 Å². The maximum atomic E-state index is 12.0. The van der Waals surface area contributed by atoms with Crippen molar-refractivity contribution in [2.75, 3.05) is 12.4 Å². The summed E-state index contributed by atoms with van der Waals surface area (Å²) >= 11 is 1.49. The van der Waals surface area contributed by atoms with Crippen LogP contribution in [0, 0.1) is 6.92 Å². The molecule has 0 spiro atoms. The van der Waals surface area contributed by atoms with E-state index in [0.717, 1.165) is 26.2 Å². The van der Waals surface area contributed by atoms with Crippen LogP contribution >= 0.6 is 11.3 Å². The van der Waals surface area contributed by atoms with Gasteiger partial charge in [0, 0.05) is 30.8 Å². The van der Waals surface area contributed by atoms with Gasteiger partial charge in [0.15, 0.2) is 5.69 Å². The van der Waals surface area contributed by atoms with Crippen LogP contribution in [0.5, 0.6) is 0 Å². The second-order valence-corrected chi connectivity index (χ2v) is 7.70. The number of carbonyl (C=O) groups is 1. The summed E-state index contributed by atoms with van der Waals surface area (Å²) in [7, 11) is 1.68. The first-order valence-corrected chi connectivity index (χ1v) is 9.51. The van der Waals surface area contributed by atoms with Crippen LogP contribution in [0.4, 0.5) is 5.95 Å². The number of pyridine rings is 1. The van der Waals surface area contributed by atoms with E-state index < -0.39 is 5.91 Å². The van der Waals surface area contributed by atoms with Crippen LogP contribution in [0.2, 0.25) is 0 Å². The number of nitrogens with one attached hydrogen (secondary N) is 1. The topological polar surface area (TPSA) is 103 Å². The average molecular weight is 385 g/mol. The number of nitrogens with two attached hydrogens (primary N) is 1. The lowest BCUT2D eigenvalue weighted by molar-refractivity contribution is 0.0997. The lowest BCUT2D eigenvalue weighted by atomic mass is 10.1. The molecule has 3 N–H and O–H groups in total. The minimum absolute atomic E-state index is 0.0409. The fourth-order valence-corrected chi connectivity index (χ4v) is 4.00. The van der Waals surface area contributed by atoms with E-state index in [1.54, 1.807) is 19.5 Å². The van der Waals surface area contributed by atoms with Gasteiger partial charge in [0.1, 0.15) is 0 Å². The van der Waals surface area contributed by atoms with Crippen molar-refractivity contribution in [2.45, 2.75) is 39.3 Å². The number of amides is 1. The van der Waals surface area contributed by atoms with Gasteiger partial charge in [-0.25, -0.2) is 9.97 Å². The SMILES string of the molecule is CO[C@@H](C)Cc1c(C)sc2c(C(N)=O)nc(N[C@@H](C)c3cccnc3)nc12. The van der Waals surface area contributed by atoms with Crippen LogP contribution in [-0.4, -0.2) is 34.1 Å². The molecular weight excluding hydrogens is 362 g/mol. The van der Waals surface area contributed by atoms with Crippen LogP contribution in [0.25, 0.3) is 10.2 Å². The molecule has 0 saturated carbocycles. The Balaban J connectivity index is 2.05. The van der Waals surface area contributed by atoms with Crippen molar-refractivity contribution in [3.63, 3.8) is 0 Å². The van der Waals surface area contributed by atoms with Gasteiger partial charge in [-0.1, -0.05) is 6.07 Å². The molecule has 3 heterocycles. The third-order valence-electron chi connectivity index (χ3n) is 4.49. The number of primary amides is 1. The highest BCUT2D eigenvalue weighted by molar-refractivity contribution is 7.19. The number of ether oxygens (including phenoxy) is 1. The zero-order valence-corrected chi connectivity index (χ0v) is 16.6. The zero-order valence-electron chi connectivity index (χ0n) is 15.8. The quantitative estimate of drug-likeness (QED) is 0.647. The van der Waals surface area contributed by atoms with E-state index in [-0.39, 0.29) is 17.8 Å². The van der Waals surface area contributed by atoms with Gasteiger partial charge in [-0.05, 0) is 38.0 Å². The first-order chi connectivity index (χ1) is 12.9. The monoisotopic (exact) mass is 385 g/mol. The van der Waals surface area contributed by atoms with E-state index in [1.807, 2.05) is 32.9 Å². The van der Waals surface area contributed by atoms with Gasteiger partial charge in [0.25, 0.3) is 5.91 Å². The Morgan fingerprint density at radius 3 is 2.78 bits per heavy atom. The van der Waals surface area contributed by atoms with Crippen molar-refractivity contribution in [3.05, 3.63) is 46.2 Å². The van der Waals surface area contributed by atoms with E-state index in [1.165, 1.54) is 11.3 Å². The maximum absolute atomic E-state index is 12.0. The van der Waals surface area contributed by atoms with Crippen LogP contribution in [0.15, 0.2) is 24.5 Å². The van der Waals surface area contributed by atoms with E-state index in [9.17, 15) is 4.79 Å². The number of methoxy groups -OCH3 is 1. The molecule has 142 valence electrons. The molecule has 0 bridgehead atoms. The zero-order chi connectivity index (χ0) is 19.6. The van der Waals surface area contributed by atoms with Crippen molar-refractivity contribution in [1.82, 2.24) is 15.0 Å². The number of aromatic nitrogens is 3. The van der Waals surface area contributed by atoms with Crippen molar-refractivity contribution in [2.24, 2.45) is 5.73 Å². The van der Waals surface area contributed by atoms with Gasteiger partial charge >= 0.3 is 0 Å². The van der Waals surface area contributed by atoms with Gasteiger partial charge in [0.05, 0.1) is 22.4 Å². The maximum Gasteiger partial charge on any atom is 0.269 e. The number of thiophene rings is 1. The van der Waals surface area contributed by atoms with Crippen molar-refractivity contribution in [3.8, 4) is 0 Å². The summed E-state index contributed by atoms with van der Waals surface area (Å²) < 4.78 is 6.13. The fourth-order valence-electron chi connectivity index (χ4n) is 2.88. The fraction of sp³-hybridized carbons (Fsp3) is 0.368. The van der Waals surface area contributed by atoms with Gasteiger partial charge in [-0.2, -0.15) is 0 Å². The molecule has 1 amide bonds. The Bertz CT molecular complexity index is 958. The Morgan fingerprint density at radius 2 is 2.15 bits per heavy atom. The first-order valence-electron chi connectivity index (χ1n) is 8.69. The van der Waals surface area contributed by atoms with Gasteiger partial charge < -0.3 is 15.8 Å². The van der Waals surface area contributed by atoms with Crippen LogP contribution in [0.1, 0.15) is 46.4 Å². The normalized spacial score (nSPS) is 13.5. The molecule has 27 heavy (non-hydrogen) atoms. The Kier molecular flexibility index (Phi) is 5.67. The number of rotatable bonds is 7. The lowest BCUT2D eigenvalue weighted by Crippen LogP contribution is -2.17. The Labute approximate surface area is 162 Å². The molecule has 3 rings (SSSR count). The van der Waals surface area contributed by atoms with E-state index in [4.69, 9.17) is 15.5 Å². The highest BCUT2D eigenvalue weighted by Crippen LogP contribution is 2.33. The minimum atomic E-state index is -0.563. The predicted molar refractivity (Wildman–Crippen MR) is 107 cm³/mol. The van der Waals surface area contributed by atoms with Crippen molar-refractivity contribution < 1.29 is 9.53 Å². The van der Waals surface area contributed by atoms with Gasteiger partial charge in [0.2, 0.25) is 5.95 Å². The first kappa shape index (κ1) is 19.2. The number of nitrogens with zero attached hydrogens (tertiary/aromatic N) is 3. The molecule has 0 fully saturated rings. The Morgan fingerprint density at radius 1 is 1.37 bits per heavy atom. The number of carbonyl (C=O) groups excluding carboxylic acids is 1. The summed E-state index contributed by atoms with van der Waals surface area (Å²) in [6.07, 6.45) is 4.25. The van der Waals surface area contributed by atoms with Crippen LogP contribution in [0.3, 0.4) is 0 Å². The Hall–Kier alpha value is -2.58. The highest BCUT2D eigenvalue weighted by atomic mass is 32.1. The third-order valence-corrected chi connectivity index (χ3v) is 5.63. The number of hydrogen-bond donors (Lipinski definition) is 2. The second kappa shape index (κ2) is 7.98. The summed E-state index contributed by atoms with van der Waals surface area (Å²) in [5.74, 6) is -0.191. The molecule has 7 nitrogen and oxygen atoms in total. The van der Waals surface area contributed by atoms with E-state index in [0.29, 0.717) is 12.4 Å². The van der Waals surface area contributed by atoms with Crippen molar-refractivity contribution in [1.29, 1.82) is 0 Å². The molecule has 0 aromatic carbocycles. The molecule has 0 radical (unpaired) electrons. The van der Waals surface area contributed by atoms with Gasteiger partial charge in [-0.15, -0.1) is 11.3 Å². The molecule has 0 aliphatic heterocycles. The predicted octanol–water partition coefficient (Wildman–Crippen LogP) is 3.24.